The Morgan fingerprint density at radius 3 is 2.44 bits per heavy atom. The van der Waals surface area contributed by atoms with E-state index in [1.54, 1.807) is 12.1 Å². The number of rotatable bonds is 6. The van der Waals surface area contributed by atoms with Crippen LogP contribution in [0.5, 0.6) is 5.75 Å². The van der Waals surface area contributed by atoms with Crippen LogP contribution in [0.15, 0.2) is 53.4 Å². The third kappa shape index (κ3) is 3.89. The zero-order chi connectivity index (χ0) is 19.6. The van der Waals surface area contributed by atoms with E-state index >= 15 is 0 Å². The minimum absolute atomic E-state index is 0.135. The first-order valence-electron chi connectivity index (χ1n) is 8.58. The van der Waals surface area contributed by atoms with Crippen molar-refractivity contribution >= 4 is 10.0 Å². The van der Waals surface area contributed by atoms with Crippen molar-refractivity contribution in [1.82, 2.24) is 14.5 Å². The molecule has 0 atom stereocenters. The van der Waals surface area contributed by atoms with Crippen LogP contribution < -0.4 is 9.46 Å². The number of nitrogens with one attached hydrogen (secondary N) is 1. The van der Waals surface area contributed by atoms with Gasteiger partial charge in [-0.2, -0.15) is 5.10 Å². The van der Waals surface area contributed by atoms with E-state index in [0.717, 1.165) is 28.2 Å². The van der Waals surface area contributed by atoms with E-state index in [1.807, 2.05) is 61.9 Å². The molecule has 0 unspecified atom stereocenters. The van der Waals surface area contributed by atoms with E-state index in [-0.39, 0.29) is 11.4 Å². The molecular formula is C20H23N3O3S. The fourth-order valence-corrected chi connectivity index (χ4v) is 4.24. The summed E-state index contributed by atoms with van der Waals surface area (Å²) in [6.07, 6.45) is 0. The highest BCUT2D eigenvalue weighted by atomic mass is 32.2. The number of aromatic nitrogens is 2. The summed E-state index contributed by atoms with van der Waals surface area (Å²) in [6, 6.07) is 14.8. The average molecular weight is 385 g/mol. The second kappa shape index (κ2) is 7.54. The lowest BCUT2D eigenvalue weighted by molar-refractivity contribution is 0.402. The summed E-state index contributed by atoms with van der Waals surface area (Å²) >= 11 is 0. The summed E-state index contributed by atoms with van der Waals surface area (Å²) in [6.45, 7) is 5.81. The second-order valence-electron chi connectivity index (χ2n) is 6.38. The lowest BCUT2D eigenvalue weighted by Gasteiger charge is -2.12. The lowest BCUT2D eigenvalue weighted by Crippen LogP contribution is -2.24. The standard InChI is InChI=1S/C20H23N3O3S/c1-14-10-11-19(26-4)20(12-14)27(24,25)21-13-18-15(2)22-23(16(18)3)17-8-6-5-7-9-17/h5-12,21H,13H2,1-4H3. The minimum Gasteiger partial charge on any atom is -0.495 e. The molecule has 0 saturated heterocycles. The Morgan fingerprint density at radius 1 is 1.07 bits per heavy atom. The lowest BCUT2D eigenvalue weighted by atomic mass is 10.2. The Hall–Kier alpha value is -2.64. The third-order valence-electron chi connectivity index (χ3n) is 4.49. The van der Waals surface area contributed by atoms with Crippen molar-refractivity contribution in [2.24, 2.45) is 0 Å². The van der Waals surface area contributed by atoms with Crippen LogP contribution in [0, 0.1) is 20.8 Å². The van der Waals surface area contributed by atoms with Crippen LogP contribution in [-0.4, -0.2) is 25.3 Å². The van der Waals surface area contributed by atoms with Crippen LogP contribution in [0.4, 0.5) is 0 Å². The highest BCUT2D eigenvalue weighted by molar-refractivity contribution is 7.89. The fraction of sp³-hybridized carbons (Fsp3) is 0.250. The number of sulfonamides is 1. The first-order valence-corrected chi connectivity index (χ1v) is 10.1. The molecule has 0 aliphatic rings. The number of aryl methyl sites for hydroxylation is 2. The molecule has 1 aromatic heterocycles. The van der Waals surface area contributed by atoms with Crippen molar-refractivity contribution in [3.05, 3.63) is 71.0 Å². The van der Waals surface area contributed by atoms with Gasteiger partial charge in [0.1, 0.15) is 10.6 Å². The number of hydrogen-bond acceptors (Lipinski definition) is 4. The van der Waals surface area contributed by atoms with Crippen LogP contribution >= 0.6 is 0 Å². The Morgan fingerprint density at radius 2 is 1.78 bits per heavy atom. The molecule has 0 radical (unpaired) electrons. The maximum Gasteiger partial charge on any atom is 0.244 e. The number of methoxy groups -OCH3 is 1. The molecule has 0 saturated carbocycles. The molecule has 1 N–H and O–H groups in total. The summed E-state index contributed by atoms with van der Waals surface area (Å²) in [5.41, 5.74) is 4.33. The van der Waals surface area contributed by atoms with E-state index in [1.165, 1.54) is 7.11 Å². The van der Waals surface area contributed by atoms with Crippen LogP contribution in [-0.2, 0) is 16.6 Å². The van der Waals surface area contributed by atoms with Crippen molar-refractivity contribution in [2.45, 2.75) is 32.2 Å². The van der Waals surface area contributed by atoms with E-state index in [2.05, 4.69) is 9.82 Å². The van der Waals surface area contributed by atoms with E-state index < -0.39 is 10.0 Å². The predicted octanol–water partition coefficient (Wildman–Crippen LogP) is 3.28. The Kier molecular flexibility index (Phi) is 5.34. The van der Waals surface area contributed by atoms with Gasteiger partial charge in [0.2, 0.25) is 10.0 Å². The first-order chi connectivity index (χ1) is 12.8. The van der Waals surface area contributed by atoms with Gasteiger partial charge in [-0.25, -0.2) is 17.8 Å². The van der Waals surface area contributed by atoms with Gasteiger partial charge in [0.25, 0.3) is 0 Å². The van der Waals surface area contributed by atoms with Gasteiger partial charge in [-0.1, -0.05) is 24.3 Å². The largest absolute Gasteiger partial charge is 0.495 e. The Bertz CT molecular complexity index is 1060. The summed E-state index contributed by atoms with van der Waals surface area (Å²) < 4.78 is 35.4. The fourth-order valence-electron chi connectivity index (χ4n) is 2.99. The maximum absolute atomic E-state index is 12.8. The van der Waals surface area contributed by atoms with Crippen molar-refractivity contribution in [3.63, 3.8) is 0 Å². The second-order valence-corrected chi connectivity index (χ2v) is 8.11. The van der Waals surface area contributed by atoms with E-state index in [9.17, 15) is 8.42 Å². The zero-order valence-electron chi connectivity index (χ0n) is 15.9. The first kappa shape index (κ1) is 19.1. The predicted molar refractivity (Wildman–Crippen MR) is 105 cm³/mol. The highest BCUT2D eigenvalue weighted by Crippen LogP contribution is 2.25. The van der Waals surface area contributed by atoms with Gasteiger partial charge in [0.15, 0.2) is 0 Å². The van der Waals surface area contributed by atoms with Crippen LogP contribution in [0.1, 0.15) is 22.5 Å². The number of hydrogen-bond donors (Lipinski definition) is 1. The molecule has 2 aromatic carbocycles. The molecule has 0 amide bonds. The molecule has 27 heavy (non-hydrogen) atoms. The van der Waals surface area contributed by atoms with Crippen LogP contribution in [0.3, 0.4) is 0 Å². The smallest absolute Gasteiger partial charge is 0.244 e. The van der Waals surface area contributed by atoms with Crippen molar-refractivity contribution in [1.29, 1.82) is 0 Å². The number of benzene rings is 2. The highest BCUT2D eigenvalue weighted by Gasteiger charge is 2.21. The molecule has 142 valence electrons. The molecule has 0 spiro atoms. The molecule has 0 fully saturated rings. The number of ether oxygens (including phenoxy) is 1. The normalized spacial score (nSPS) is 11.6. The van der Waals surface area contributed by atoms with Crippen molar-refractivity contribution in [2.75, 3.05) is 7.11 Å². The summed E-state index contributed by atoms with van der Waals surface area (Å²) in [7, 11) is -2.26. The zero-order valence-corrected chi connectivity index (χ0v) is 16.7. The summed E-state index contributed by atoms with van der Waals surface area (Å²) in [5, 5.41) is 4.56. The molecular weight excluding hydrogens is 362 g/mol. The minimum atomic E-state index is -3.72. The van der Waals surface area contributed by atoms with Gasteiger partial charge in [-0.05, 0) is 50.6 Å². The van der Waals surface area contributed by atoms with Crippen molar-refractivity contribution in [3.8, 4) is 11.4 Å². The maximum atomic E-state index is 12.8. The molecule has 3 aromatic rings. The average Bonchev–Trinajstić information content (AvgIpc) is 2.94. The molecule has 3 rings (SSSR count). The quantitative estimate of drug-likeness (QED) is 0.707. The molecule has 1 heterocycles. The Balaban J connectivity index is 1.89. The van der Waals surface area contributed by atoms with Gasteiger partial charge < -0.3 is 4.74 Å². The molecule has 0 bridgehead atoms. The van der Waals surface area contributed by atoms with Gasteiger partial charge in [-0.3, -0.25) is 0 Å². The third-order valence-corrected chi connectivity index (χ3v) is 5.91. The van der Waals surface area contributed by atoms with Gasteiger partial charge >= 0.3 is 0 Å². The monoisotopic (exact) mass is 385 g/mol. The molecule has 6 nitrogen and oxygen atoms in total. The number of para-hydroxylation sites is 1. The van der Waals surface area contributed by atoms with Gasteiger partial charge in [0, 0.05) is 17.8 Å². The Labute approximate surface area is 159 Å². The van der Waals surface area contributed by atoms with E-state index in [0.29, 0.717) is 5.75 Å². The SMILES string of the molecule is COc1ccc(C)cc1S(=O)(=O)NCc1c(C)nn(-c2ccccc2)c1C. The summed E-state index contributed by atoms with van der Waals surface area (Å²) in [5.74, 6) is 0.321. The summed E-state index contributed by atoms with van der Waals surface area (Å²) in [4.78, 5) is 0.135. The van der Waals surface area contributed by atoms with Crippen LogP contribution in [0.2, 0.25) is 0 Å². The van der Waals surface area contributed by atoms with Crippen LogP contribution in [0.25, 0.3) is 5.69 Å². The van der Waals surface area contributed by atoms with Gasteiger partial charge in [-0.15, -0.1) is 0 Å². The topological polar surface area (TPSA) is 73.2 Å². The van der Waals surface area contributed by atoms with E-state index in [4.69, 9.17) is 4.74 Å². The molecule has 7 heteroatoms. The molecule has 0 aliphatic heterocycles. The van der Waals surface area contributed by atoms with Gasteiger partial charge in [0.05, 0.1) is 18.5 Å². The molecule has 0 aliphatic carbocycles. The number of nitrogens with zero attached hydrogens (tertiary/aromatic N) is 2. The van der Waals surface area contributed by atoms with Crippen molar-refractivity contribution < 1.29 is 13.2 Å².